The Hall–Kier alpha value is -1.56. The monoisotopic (exact) mass is 374 g/mol. The molecule has 0 aromatic heterocycles. The number of hydrogen-bond donors (Lipinski definition) is 0. The highest BCUT2D eigenvalue weighted by Crippen LogP contribution is 2.40. The van der Waals surface area contributed by atoms with Crippen molar-refractivity contribution in [3.8, 4) is 11.1 Å². The highest BCUT2D eigenvalue weighted by Gasteiger charge is 2.24. The van der Waals surface area contributed by atoms with Gasteiger partial charge in [-0.1, -0.05) is 99.5 Å². The molecule has 0 nitrogen and oxygen atoms in total. The van der Waals surface area contributed by atoms with E-state index in [0.29, 0.717) is 0 Å². The zero-order chi connectivity index (χ0) is 19.3. The van der Waals surface area contributed by atoms with Crippen molar-refractivity contribution in [3.63, 3.8) is 0 Å². The van der Waals surface area contributed by atoms with Gasteiger partial charge in [0.2, 0.25) is 0 Å². The maximum Gasteiger partial charge on any atom is -0.0162 e. The molecule has 2 aromatic carbocycles. The Bertz CT molecular complexity index is 708. The Labute approximate surface area is 172 Å². The summed E-state index contributed by atoms with van der Waals surface area (Å²) >= 11 is 0. The van der Waals surface area contributed by atoms with Gasteiger partial charge in [-0.15, -0.1) is 0 Å². The standard InChI is InChI=1S/C28H38/c1-21-3-7-23(8-4-21)9-10-24-11-15-26(16-12-24)28-19-17-27(18-20-28)25-13-5-22(2)6-14-25/h5-6,13-14,17-21,23-24,26H,3-4,7-12,15-16H2,1-2H3. The predicted octanol–water partition coefficient (Wildman–Crippen LogP) is 8.54. The molecule has 0 heteroatoms. The molecule has 0 atom stereocenters. The fraction of sp³-hybridized carbons (Fsp3) is 0.571. The molecule has 0 aliphatic heterocycles. The van der Waals surface area contributed by atoms with E-state index in [1.807, 2.05) is 0 Å². The van der Waals surface area contributed by atoms with Gasteiger partial charge in [0.05, 0.1) is 0 Å². The first-order valence-corrected chi connectivity index (χ1v) is 11.8. The molecule has 28 heavy (non-hydrogen) atoms. The van der Waals surface area contributed by atoms with Crippen LogP contribution >= 0.6 is 0 Å². The van der Waals surface area contributed by atoms with Gasteiger partial charge in [-0.2, -0.15) is 0 Å². The number of hydrogen-bond acceptors (Lipinski definition) is 0. The first kappa shape index (κ1) is 19.7. The Balaban J connectivity index is 1.25. The van der Waals surface area contributed by atoms with Gasteiger partial charge < -0.3 is 0 Å². The van der Waals surface area contributed by atoms with E-state index in [-0.39, 0.29) is 0 Å². The van der Waals surface area contributed by atoms with Gasteiger partial charge in [-0.25, -0.2) is 0 Å². The van der Waals surface area contributed by atoms with Gasteiger partial charge in [0.1, 0.15) is 0 Å². The van der Waals surface area contributed by atoms with Crippen LogP contribution in [0.1, 0.15) is 88.2 Å². The summed E-state index contributed by atoms with van der Waals surface area (Å²) in [6, 6.07) is 18.3. The molecule has 150 valence electrons. The number of benzene rings is 2. The van der Waals surface area contributed by atoms with Gasteiger partial charge in [0, 0.05) is 0 Å². The summed E-state index contributed by atoms with van der Waals surface area (Å²) in [5.41, 5.74) is 5.57. The minimum atomic E-state index is 0.791. The van der Waals surface area contributed by atoms with Crippen LogP contribution in [-0.2, 0) is 0 Å². The van der Waals surface area contributed by atoms with Crippen LogP contribution in [0.4, 0.5) is 0 Å². The lowest BCUT2D eigenvalue weighted by molar-refractivity contribution is 0.237. The van der Waals surface area contributed by atoms with Crippen molar-refractivity contribution in [3.05, 3.63) is 59.7 Å². The van der Waals surface area contributed by atoms with Crippen LogP contribution in [0.5, 0.6) is 0 Å². The summed E-state index contributed by atoms with van der Waals surface area (Å²) in [4.78, 5) is 0. The normalized spacial score (nSPS) is 28.2. The largest absolute Gasteiger partial charge is 0.0625 e. The van der Waals surface area contributed by atoms with Gasteiger partial charge >= 0.3 is 0 Å². The van der Waals surface area contributed by atoms with Crippen LogP contribution in [0.25, 0.3) is 11.1 Å². The average Bonchev–Trinajstić information content (AvgIpc) is 2.74. The van der Waals surface area contributed by atoms with Gasteiger partial charge in [0.15, 0.2) is 0 Å². The summed E-state index contributed by atoms with van der Waals surface area (Å²) in [5.74, 6) is 3.83. The Morgan fingerprint density at radius 3 is 1.61 bits per heavy atom. The quantitative estimate of drug-likeness (QED) is 0.492. The molecule has 2 saturated carbocycles. The van der Waals surface area contributed by atoms with E-state index in [2.05, 4.69) is 62.4 Å². The van der Waals surface area contributed by atoms with Crippen molar-refractivity contribution in [2.45, 2.75) is 84.0 Å². The molecule has 0 saturated heterocycles. The van der Waals surface area contributed by atoms with Crippen molar-refractivity contribution in [1.82, 2.24) is 0 Å². The van der Waals surface area contributed by atoms with Crippen LogP contribution in [0.3, 0.4) is 0 Å². The minimum Gasteiger partial charge on any atom is -0.0625 e. The Morgan fingerprint density at radius 2 is 1.07 bits per heavy atom. The Kier molecular flexibility index (Phi) is 6.55. The molecular weight excluding hydrogens is 336 g/mol. The van der Waals surface area contributed by atoms with Crippen LogP contribution in [0.15, 0.2) is 48.5 Å². The van der Waals surface area contributed by atoms with Crippen LogP contribution < -0.4 is 0 Å². The lowest BCUT2D eigenvalue weighted by Gasteiger charge is -2.31. The lowest BCUT2D eigenvalue weighted by atomic mass is 9.74. The topological polar surface area (TPSA) is 0 Å². The van der Waals surface area contributed by atoms with E-state index in [0.717, 1.165) is 23.7 Å². The van der Waals surface area contributed by atoms with E-state index < -0.39 is 0 Å². The third-order valence-electron chi connectivity index (χ3n) is 7.73. The molecule has 2 aliphatic carbocycles. The van der Waals surface area contributed by atoms with E-state index in [1.54, 1.807) is 5.56 Å². The third kappa shape index (κ3) is 5.07. The third-order valence-corrected chi connectivity index (χ3v) is 7.73. The molecule has 0 unspecified atom stereocenters. The average molecular weight is 375 g/mol. The van der Waals surface area contributed by atoms with E-state index in [1.165, 1.54) is 80.9 Å². The summed E-state index contributed by atoms with van der Waals surface area (Å²) in [5, 5.41) is 0. The predicted molar refractivity (Wildman–Crippen MR) is 122 cm³/mol. The van der Waals surface area contributed by atoms with Gasteiger partial charge in [-0.05, 0) is 73.0 Å². The highest BCUT2D eigenvalue weighted by atomic mass is 14.3. The number of aryl methyl sites for hydroxylation is 1. The fourth-order valence-corrected chi connectivity index (χ4v) is 5.57. The molecule has 2 aromatic rings. The molecule has 0 radical (unpaired) electrons. The molecule has 0 amide bonds. The van der Waals surface area contributed by atoms with Crippen molar-refractivity contribution in [1.29, 1.82) is 0 Å². The van der Waals surface area contributed by atoms with Gasteiger partial charge in [0.25, 0.3) is 0 Å². The second-order valence-electron chi connectivity index (χ2n) is 9.91. The SMILES string of the molecule is Cc1ccc(-c2ccc(C3CCC(CCC4CCC(C)CC4)CC3)cc2)cc1. The molecule has 0 spiro atoms. The molecule has 4 rings (SSSR count). The fourth-order valence-electron chi connectivity index (χ4n) is 5.57. The highest BCUT2D eigenvalue weighted by molar-refractivity contribution is 5.64. The minimum absolute atomic E-state index is 0.791. The summed E-state index contributed by atoms with van der Waals surface area (Å²) in [6.45, 7) is 4.59. The molecular formula is C28H38. The van der Waals surface area contributed by atoms with E-state index in [4.69, 9.17) is 0 Å². The van der Waals surface area contributed by atoms with Crippen LogP contribution in [-0.4, -0.2) is 0 Å². The maximum absolute atomic E-state index is 2.44. The van der Waals surface area contributed by atoms with Gasteiger partial charge in [-0.3, -0.25) is 0 Å². The van der Waals surface area contributed by atoms with Crippen molar-refractivity contribution >= 4 is 0 Å². The molecule has 0 N–H and O–H groups in total. The summed E-state index contributed by atoms with van der Waals surface area (Å²) in [6.07, 6.45) is 14.7. The second-order valence-corrected chi connectivity index (χ2v) is 9.91. The maximum atomic E-state index is 2.44. The van der Waals surface area contributed by atoms with Crippen molar-refractivity contribution in [2.24, 2.45) is 17.8 Å². The van der Waals surface area contributed by atoms with E-state index >= 15 is 0 Å². The molecule has 0 bridgehead atoms. The zero-order valence-electron chi connectivity index (χ0n) is 18.0. The Morgan fingerprint density at radius 1 is 0.607 bits per heavy atom. The molecule has 0 heterocycles. The van der Waals surface area contributed by atoms with E-state index in [9.17, 15) is 0 Å². The first-order chi connectivity index (χ1) is 13.7. The lowest BCUT2D eigenvalue weighted by Crippen LogP contribution is -2.16. The zero-order valence-corrected chi connectivity index (χ0v) is 18.0. The van der Waals surface area contributed by atoms with Crippen molar-refractivity contribution in [2.75, 3.05) is 0 Å². The first-order valence-electron chi connectivity index (χ1n) is 11.8. The molecule has 2 fully saturated rings. The number of rotatable bonds is 5. The smallest absolute Gasteiger partial charge is 0.0162 e. The van der Waals surface area contributed by atoms with Crippen LogP contribution in [0, 0.1) is 24.7 Å². The summed E-state index contributed by atoms with van der Waals surface area (Å²) in [7, 11) is 0. The summed E-state index contributed by atoms with van der Waals surface area (Å²) < 4.78 is 0. The van der Waals surface area contributed by atoms with Crippen LogP contribution in [0.2, 0.25) is 0 Å². The van der Waals surface area contributed by atoms with Crippen molar-refractivity contribution < 1.29 is 0 Å². The second kappa shape index (κ2) is 9.29. The molecule has 2 aliphatic rings.